The summed E-state index contributed by atoms with van der Waals surface area (Å²) in [5, 5.41) is 13.4. The normalized spacial score (nSPS) is 19.3. The van der Waals surface area contributed by atoms with Crippen LogP contribution in [0.3, 0.4) is 0 Å². The molecule has 0 N–H and O–H groups in total. The maximum absolute atomic E-state index is 14.0. The molecule has 2 aromatic heterocycles. The van der Waals surface area contributed by atoms with E-state index in [9.17, 15) is 18.4 Å². The Labute approximate surface area is 167 Å². The Morgan fingerprint density at radius 1 is 1.24 bits per heavy atom. The van der Waals surface area contributed by atoms with Crippen molar-refractivity contribution in [1.29, 1.82) is 5.26 Å². The van der Waals surface area contributed by atoms with E-state index in [4.69, 9.17) is 16.3 Å². The first-order valence-electron chi connectivity index (χ1n) is 8.31. The molecule has 1 atom stereocenters. The van der Waals surface area contributed by atoms with E-state index in [0.717, 1.165) is 6.07 Å². The monoisotopic (exact) mass is 420 g/mol. The lowest BCUT2D eigenvalue weighted by Gasteiger charge is -2.31. The van der Waals surface area contributed by atoms with Gasteiger partial charge in [-0.05, 0) is 35.9 Å². The SMILES string of the molecule is N#Cc1cc(N2COC(c3ccnc(Cl)c3)(C(F)(F)F)C2)ccc1-n1cncn1. The van der Waals surface area contributed by atoms with Gasteiger partial charge in [0.05, 0.1) is 17.8 Å². The van der Waals surface area contributed by atoms with Crippen LogP contribution in [-0.4, -0.2) is 39.2 Å². The molecule has 0 aliphatic carbocycles. The minimum atomic E-state index is -4.69. The van der Waals surface area contributed by atoms with E-state index < -0.39 is 18.3 Å². The molecule has 29 heavy (non-hydrogen) atoms. The number of nitriles is 1. The summed E-state index contributed by atoms with van der Waals surface area (Å²) in [5.74, 6) is 0. The second-order valence-corrected chi connectivity index (χ2v) is 6.70. The molecule has 0 radical (unpaired) electrons. The van der Waals surface area contributed by atoms with Gasteiger partial charge in [-0.25, -0.2) is 14.6 Å². The fraction of sp³-hybridized carbons (Fsp3) is 0.222. The lowest BCUT2D eigenvalue weighted by atomic mass is 9.93. The highest BCUT2D eigenvalue weighted by atomic mass is 35.5. The zero-order valence-corrected chi connectivity index (χ0v) is 15.4. The summed E-state index contributed by atoms with van der Waals surface area (Å²) in [6.45, 7) is -0.808. The molecule has 0 saturated carbocycles. The molecule has 11 heteroatoms. The number of nitrogens with zero attached hydrogens (tertiary/aromatic N) is 6. The van der Waals surface area contributed by atoms with Gasteiger partial charge in [0.25, 0.3) is 0 Å². The first-order valence-corrected chi connectivity index (χ1v) is 8.69. The number of hydrogen-bond donors (Lipinski definition) is 0. The molecule has 148 valence electrons. The molecule has 3 heterocycles. The Morgan fingerprint density at radius 3 is 2.72 bits per heavy atom. The quantitative estimate of drug-likeness (QED) is 0.604. The minimum absolute atomic E-state index is 0.0582. The van der Waals surface area contributed by atoms with Crippen molar-refractivity contribution in [3.63, 3.8) is 0 Å². The van der Waals surface area contributed by atoms with Crippen molar-refractivity contribution in [3.05, 3.63) is 65.5 Å². The molecule has 3 aromatic rings. The average Bonchev–Trinajstić information content (AvgIpc) is 3.38. The predicted octanol–water partition coefficient (Wildman–Crippen LogP) is 3.44. The molecule has 1 unspecified atom stereocenters. The van der Waals surface area contributed by atoms with Crippen molar-refractivity contribution >= 4 is 17.3 Å². The fourth-order valence-corrected chi connectivity index (χ4v) is 3.39. The molecular weight excluding hydrogens is 409 g/mol. The third kappa shape index (κ3) is 3.28. The van der Waals surface area contributed by atoms with Gasteiger partial charge in [-0.15, -0.1) is 0 Å². The van der Waals surface area contributed by atoms with Crippen LogP contribution in [0.1, 0.15) is 11.1 Å². The zero-order valence-electron chi connectivity index (χ0n) is 14.6. The summed E-state index contributed by atoms with van der Waals surface area (Å²) in [7, 11) is 0. The van der Waals surface area contributed by atoms with Gasteiger partial charge in [0, 0.05) is 11.9 Å². The largest absolute Gasteiger partial charge is 0.423 e. The van der Waals surface area contributed by atoms with Gasteiger partial charge in [0.2, 0.25) is 5.60 Å². The van der Waals surface area contributed by atoms with Gasteiger partial charge in [0.1, 0.15) is 30.6 Å². The van der Waals surface area contributed by atoms with Crippen molar-refractivity contribution in [2.75, 3.05) is 18.2 Å². The number of benzene rings is 1. The van der Waals surface area contributed by atoms with Gasteiger partial charge in [0.15, 0.2) is 0 Å². The van der Waals surface area contributed by atoms with E-state index in [0.29, 0.717) is 11.4 Å². The summed E-state index contributed by atoms with van der Waals surface area (Å²) in [4.78, 5) is 8.98. The summed E-state index contributed by atoms with van der Waals surface area (Å²) in [6.07, 6.45) is -0.736. The van der Waals surface area contributed by atoms with E-state index in [1.165, 1.54) is 40.6 Å². The molecule has 1 fully saturated rings. The fourth-order valence-electron chi connectivity index (χ4n) is 3.22. The minimum Gasteiger partial charge on any atom is -0.345 e. The van der Waals surface area contributed by atoms with Crippen LogP contribution < -0.4 is 4.90 Å². The Hall–Kier alpha value is -3.16. The Balaban J connectivity index is 1.71. The molecule has 1 aliphatic heterocycles. The van der Waals surface area contributed by atoms with Crippen LogP contribution in [0, 0.1) is 11.3 Å². The molecule has 0 bridgehead atoms. The maximum Gasteiger partial charge on any atom is 0.423 e. The van der Waals surface area contributed by atoms with E-state index in [1.807, 2.05) is 6.07 Å². The number of anilines is 1. The van der Waals surface area contributed by atoms with Crippen molar-refractivity contribution in [1.82, 2.24) is 19.7 Å². The topological polar surface area (TPSA) is 79.9 Å². The van der Waals surface area contributed by atoms with E-state index >= 15 is 0 Å². The number of hydrogen-bond acceptors (Lipinski definition) is 6. The molecule has 0 spiro atoms. The van der Waals surface area contributed by atoms with Crippen LogP contribution in [0.5, 0.6) is 0 Å². The molecule has 1 aliphatic rings. The molecule has 0 amide bonds. The number of alkyl halides is 3. The molecule has 4 rings (SSSR count). The molecule has 1 aromatic carbocycles. The highest BCUT2D eigenvalue weighted by Crippen LogP contribution is 2.47. The Bertz CT molecular complexity index is 1080. The Kier molecular flexibility index (Phi) is 4.64. The van der Waals surface area contributed by atoms with Crippen LogP contribution in [0.4, 0.5) is 18.9 Å². The lowest BCUT2D eigenvalue weighted by molar-refractivity contribution is -0.264. The zero-order chi connectivity index (χ0) is 20.6. The second-order valence-electron chi connectivity index (χ2n) is 6.32. The summed E-state index contributed by atoms with van der Waals surface area (Å²) < 4.78 is 48.8. The third-order valence-electron chi connectivity index (χ3n) is 4.66. The van der Waals surface area contributed by atoms with Crippen LogP contribution in [0.15, 0.2) is 49.2 Å². The standard InChI is InChI=1S/C18H12ClF3N6O/c19-16-6-13(3-4-25-16)17(18(20,21)22)8-27(11-29-17)14-1-2-15(12(5-14)7-23)28-10-24-9-26-28/h1-6,9-10H,8,11H2. The van der Waals surface area contributed by atoms with Crippen LogP contribution in [-0.2, 0) is 10.3 Å². The van der Waals surface area contributed by atoms with E-state index in [-0.39, 0.29) is 23.0 Å². The average molecular weight is 421 g/mol. The summed E-state index contributed by atoms with van der Waals surface area (Å²) in [6, 6.07) is 9.11. The number of ether oxygens (including phenoxy) is 1. The predicted molar refractivity (Wildman–Crippen MR) is 96.4 cm³/mol. The van der Waals surface area contributed by atoms with Gasteiger partial charge < -0.3 is 9.64 Å². The van der Waals surface area contributed by atoms with Crippen LogP contribution in [0.2, 0.25) is 5.15 Å². The lowest BCUT2D eigenvalue weighted by Crippen LogP contribution is -2.46. The van der Waals surface area contributed by atoms with Gasteiger partial charge in [-0.2, -0.15) is 23.5 Å². The highest BCUT2D eigenvalue weighted by Gasteiger charge is 2.61. The van der Waals surface area contributed by atoms with Crippen molar-refractivity contribution in [2.45, 2.75) is 11.8 Å². The van der Waals surface area contributed by atoms with E-state index in [1.54, 1.807) is 12.1 Å². The first-order chi connectivity index (χ1) is 13.8. The van der Waals surface area contributed by atoms with Gasteiger partial charge in [-0.1, -0.05) is 11.6 Å². The van der Waals surface area contributed by atoms with Crippen molar-refractivity contribution < 1.29 is 17.9 Å². The van der Waals surface area contributed by atoms with Crippen LogP contribution >= 0.6 is 11.6 Å². The summed E-state index contributed by atoms with van der Waals surface area (Å²) in [5.41, 5.74) is -1.57. The number of aromatic nitrogens is 4. The maximum atomic E-state index is 14.0. The smallest absolute Gasteiger partial charge is 0.345 e. The van der Waals surface area contributed by atoms with Crippen molar-refractivity contribution in [3.8, 4) is 11.8 Å². The van der Waals surface area contributed by atoms with Gasteiger partial charge in [-0.3, -0.25) is 0 Å². The Morgan fingerprint density at radius 2 is 2.07 bits per heavy atom. The molecular formula is C18H12ClF3N6O. The number of rotatable bonds is 3. The highest BCUT2D eigenvalue weighted by molar-refractivity contribution is 6.29. The second kappa shape index (κ2) is 7.02. The van der Waals surface area contributed by atoms with Gasteiger partial charge >= 0.3 is 6.18 Å². The molecule has 1 saturated heterocycles. The van der Waals surface area contributed by atoms with Crippen LogP contribution in [0.25, 0.3) is 5.69 Å². The van der Waals surface area contributed by atoms with E-state index in [2.05, 4.69) is 15.1 Å². The number of pyridine rings is 1. The summed E-state index contributed by atoms with van der Waals surface area (Å²) >= 11 is 5.80. The van der Waals surface area contributed by atoms with Crippen molar-refractivity contribution in [2.24, 2.45) is 0 Å². The molecule has 7 nitrogen and oxygen atoms in total. The first kappa shape index (κ1) is 19.2. The third-order valence-corrected chi connectivity index (χ3v) is 4.87. The number of halogens is 4.